The second-order valence-electron chi connectivity index (χ2n) is 7.52. The van der Waals surface area contributed by atoms with Gasteiger partial charge in [0.1, 0.15) is 11.8 Å². The molecule has 34 heavy (non-hydrogen) atoms. The first-order valence-electron chi connectivity index (χ1n) is 10.7. The molecule has 2 aromatic rings. The van der Waals surface area contributed by atoms with Crippen molar-refractivity contribution in [3.8, 4) is 5.75 Å². The third kappa shape index (κ3) is 9.43. The minimum absolute atomic E-state index is 0.0563. The fourth-order valence-electron chi connectivity index (χ4n) is 3.13. The van der Waals surface area contributed by atoms with E-state index in [1.54, 1.807) is 42.5 Å². The molecule has 0 spiro atoms. The Kier molecular flexibility index (Phi) is 10.1. The summed E-state index contributed by atoms with van der Waals surface area (Å²) >= 11 is 0. The second-order valence-corrected chi connectivity index (χ2v) is 7.52. The van der Waals surface area contributed by atoms with E-state index in [9.17, 15) is 19.5 Å². The lowest BCUT2D eigenvalue weighted by atomic mass is 10.0. The number of aliphatic carboxylic acids is 1. The van der Waals surface area contributed by atoms with Gasteiger partial charge in [-0.25, -0.2) is 4.79 Å². The first-order valence-corrected chi connectivity index (χ1v) is 10.7. The number of benzene rings is 2. The van der Waals surface area contributed by atoms with Gasteiger partial charge in [0.15, 0.2) is 5.96 Å². The zero-order valence-electron chi connectivity index (χ0n) is 18.6. The van der Waals surface area contributed by atoms with Crippen molar-refractivity contribution in [2.24, 2.45) is 16.5 Å². The number of amides is 2. The summed E-state index contributed by atoms with van der Waals surface area (Å²) in [5.74, 6) is -2.04. The summed E-state index contributed by atoms with van der Waals surface area (Å²) in [5.41, 5.74) is 11.7. The molecule has 2 rings (SSSR count). The van der Waals surface area contributed by atoms with Crippen molar-refractivity contribution in [3.63, 3.8) is 0 Å². The molecule has 2 aromatic carbocycles. The predicted octanol–water partition coefficient (Wildman–Crippen LogP) is 0.913. The van der Waals surface area contributed by atoms with Crippen molar-refractivity contribution in [1.29, 1.82) is 0 Å². The molecular formula is C24H29N5O5. The van der Waals surface area contributed by atoms with Gasteiger partial charge in [-0.05, 0) is 42.7 Å². The minimum atomic E-state index is -1.15. The van der Waals surface area contributed by atoms with Gasteiger partial charge in [0.25, 0.3) is 5.91 Å². The van der Waals surface area contributed by atoms with E-state index in [1.807, 2.05) is 0 Å². The Balaban J connectivity index is 2.18. The Labute approximate surface area is 197 Å². The molecular weight excluding hydrogens is 438 g/mol. The van der Waals surface area contributed by atoms with E-state index in [1.165, 1.54) is 18.2 Å². The number of guanidine groups is 1. The fourth-order valence-corrected chi connectivity index (χ4v) is 3.13. The highest BCUT2D eigenvalue weighted by Gasteiger charge is 2.24. The van der Waals surface area contributed by atoms with Crippen LogP contribution in [0, 0.1) is 0 Å². The Morgan fingerprint density at radius 3 is 2.29 bits per heavy atom. The van der Waals surface area contributed by atoms with Crippen molar-refractivity contribution in [1.82, 2.24) is 10.6 Å². The molecule has 8 N–H and O–H groups in total. The van der Waals surface area contributed by atoms with Crippen LogP contribution in [0.5, 0.6) is 5.75 Å². The van der Waals surface area contributed by atoms with Gasteiger partial charge in [-0.3, -0.25) is 14.6 Å². The Morgan fingerprint density at radius 2 is 1.68 bits per heavy atom. The third-order valence-electron chi connectivity index (χ3n) is 4.80. The van der Waals surface area contributed by atoms with E-state index < -0.39 is 29.9 Å². The van der Waals surface area contributed by atoms with Crippen LogP contribution in [0.25, 0.3) is 0 Å². The van der Waals surface area contributed by atoms with Gasteiger partial charge in [-0.1, -0.05) is 36.4 Å². The van der Waals surface area contributed by atoms with Gasteiger partial charge in [-0.15, -0.1) is 0 Å². The maximum Gasteiger partial charge on any atom is 0.328 e. The largest absolute Gasteiger partial charge is 0.508 e. The molecule has 0 aliphatic rings. The highest BCUT2D eigenvalue weighted by Crippen LogP contribution is 2.12. The number of hydrogen-bond acceptors (Lipinski definition) is 5. The van der Waals surface area contributed by atoms with Crippen LogP contribution in [0.2, 0.25) is 0 Å². The predicted molar refractivity (Wildman–Crippen MR) is 128 cm³/mol. The molecule has 0 aliphatic carbocycles. The number of carbonyl (C=O) groups is 3. The lowest BCUT2D eigenvalue weighted by molar-refractivity contribution is -0.131. The molecule has 0 saturated carbocycles. The summed E-state index contributed by atoms with van der Waals surface area (Å²) in [5, 5.41) is 24.0. The maximum absolute atomic E-state index is 13.2. The summed E-state index contributed by atoms with van der Waals surface area (Å²) in [6.07, 6.45) is 3.35. The smallest absolute Gasteiger partial charge is 0.328 e. The molecule has 0 fully saturated rings. The van der Waals surface area contributed by atoms with Crippen molar-refractivity contribution >= 4 is 23.7 Å². The van der Waals surface area contributed by atoms with Gasteiger partial charge in [-0.2, -0.15) is 0 Å². The van der Waals surface area contributed by atoms with Crippen LogP contribution >= 0.6 is 0 Å². The van der Waals surface area contributed by atoms with Gasteiger partial charge in [0.2, 0.25) is 5.91 Å². The Bertz CT molecular complexity index is 1020. The van der Waals surface area contributed by atoms with E-state index in [0.29, 0.717) is 24.9 Å². The molecule has 2 atom stereocenters. The normalized spacial score (nSPS) is 12.5. The SMILES string of the molecule is NC(N)=NCCC[C@@H](/C=C/C(=O)O)NC(=O)[C@H](Cc1ccc(O)cc1)NC(=O)c1ccccc1. The summed E-state index contributed by atoms with van der Waals surface area (Å²) < 4.78 is 0. The fraction of sp³-hybridized carbons (Fsp3) is 0.250. The maximum atomic E-state index is 13.2. The standard InChI is InChI=1S/C24H29N5O5/c25-24(26)27-14-4-7-18(10-13-21(31)32)28-23(34)20(15-16-8-11-19(30)12-9-16)29-22(33)17-5-2-1-3-6-17/h1-3,5-6,8-13,18,20,30H,4,7,14-15H2,(H,28,34)(H,29,33)(H,31,32)(H4,25,26,27)/b13-10+/t18-,20-/m0/s1. The van der Waals surface area contributed by atoms with Crippen molar-refractivity contribution < 1.29 is 24.6 Å². The summed E-state index contributed by atoms with van der Waals surface area (Å²) in [4.78, 5) is 40.7. The highest BCUT2D eigenvalue weighted by atomic mass is 16.4. The first-order chi connectivity index (χ1) is 16.2. The number of aromatic hydroxyl groups is 1. The van der Waals surface area contributed by atoms with Gasteiger partial charge >= 0.3 is 5.97 Å². The number of phenolic OH excluding ortho intramolecular Hbond substituents is 1. The van der Waals surface area contributed by atoms with Crippen molar-refractivity contribution in [2.45, 2.75) is 31.3 Å². The Hall–Kier alpha value is -4.34. The van der Waals surface area contributed by atoms with Gasteiger partial charge < -0.3 is 32.3 Å². The first kappa shape index (κ1) is 25.9. The average Bonchev–Trinajstić information content (AvgIpc) is 2.81. The lowest BCUT2D eigenvalue weighted by Gasteiger charge is -2.22. The van der Waals surface area contributed by atoms with Crippen LogP contribution < -0.4 is 22.1 Å². The van der Waals surface area contributed by atoms with Gasteiger partial charge in [0.05, 0.1) is 0 Å². The zero-order chi connectivity index (χ0) is 24.9. The number of aliphatic imine (C=N–C) groups is 1. The molecule has 2 amide bonds. The van der Waals surface area contributed by atoms with E-state index >= 15 is 0 Å². The summed E-state index contributed by atoms with van der Waals surface area (Å²) in [7, 11) is 0. The van der Waals surface area contributed by atoms with Crippen LogP contribution in [0.4, 0.5) is 0 Å². The van der Waals surface area contributed by atoms with Crippen LogP contribution in [0.1, 0.15) is 28.8 Å². The molecule has 0 aliphatic heterocycles. The number of hydrogen-bond donors (Lipinski definition) is 6. The average molecular weight is 468 g/mol. The number of rotatable bonds is 12. The van der Waals surface area contributed by atoms with Crippen LogP contribution in [-0.4, -0.2) is 52.6 Å². The highest BCUT2D eigenvalue weighted by molar-refractivity contribution is 5.97. The molecule has 0 heterocycles. The number of carboxylic acid groups (broad SMARTS) is 1. The number of nitrogens with zero attached hydrogens (tertiary/aromatic N) is 1. The molecule has 10 nitrogen and oxygen atoms in total. The van der Waals surface area contributed by atoms with E-state index in [-0.39, 0.29) is 18.1 Å². The zero-order valence-corrected chi connectivity index (χ0v) is 18.6. The lowest BCUT2D eigenvalue weighted by Crippen LogP contribution is -2.50. The number of phenols is 1. The van der Waals surface area contributed by atoms with E-state index in [0.717, 1.165) is 11.6 Å². The van der Waals surface area contributed by atoms with Crippen LogP contribution in [0.3, 0.4) is 0 Å². The summed E-state index contributed by atoms with van der Waals surface area (Å²) in [6.45, 7) is 0.317. The summed E-state index contributed by atoms with van der Waals surface area (Å²) in [6, 6.07) is 13.2. The Morgan fingerprint density at radius 1 is 1.00 bits per heavy atom. The third-order valence-corrected chi connectivity index (χ3v) is 4.80. The molecule has 0 aromatic heterocycles. The van der Waals surface area contributed by atoms with Crippen LogP contribution in [-0.2, 0) is 16.0 Å². The molecule has 180 valence electrons. The molecule has 0 radical (unpaired) electrons. The number of nitrogens with two attached hydrogens (primary N) is 2. The van der Waals surface area contributed by atoms with Crippen molar-refractivity contribution in [3.05, 3.63) is 77.9 Å². The van der Waals surface area contributed by atoms with Gasteiger partial charge in [0, 0.05) is 30.6 Å². The second kappa shape index (κ2) is 13.3. The van der Waals surface area contributed by atoms with Crippen LogP contribution in [0.15, 0.2) is 71.7 Å². The molecule has 0 unspecified atom stereocenters. The number of nitrogens with one attached hydrogen (secondary N) is 2. The van der Waals surface area contributed by atoms with E-state index in [2.05, 4.69) is 15.6 Å². The molecule has 10 heteroatoms. The monoisotopic (exact) mass is 467 g/mol. The topological polar surface area (TPSA) is 180 Å². The molecule has 0 saturated heterocycles. The quantitative estimate of drug-likeness (QED) is 0.116. The number of carboxylic acids is 1. The van der Waals surface area contributed by atoms with Crippen molar-refractivity contribution in [2.75, 3.05) is 6.54 Å². The van der Waals surface area contributed by atoms with E-state index in [4.69, 9.17) is 16.6 Å². The molecule has 0 bridgehead atoms. The number of carbonyl (C=O) groups excluding carboxylic acids is 2. The minimum Gasteiger partial charge on any atom is -0.508 e.